The van der Waals surface area contributed by atoms with Gasteiger partial charge in [-0.2, -0.15) is 0 Å². The Bertz CT molecular complexity index is 38.9. The van der Waals surface area contributed by atoms with E-state index in [9.17, 15) is 4.39 Å². The van der Waals surface area contributed by atoms with E-state index in [0.717, 1.165) is 0 Å². The molecule has 0 fully saturated rings. The fourth-order valence-electron chi connectivity index (χ4n) is 0. The van der Waals surface area contributed by atoms with Crippen LogP contribution in [0.25, 0.3) is 0 Å². The highest BCUT2D eigenvalue weighted by atomic mass is 19.1. The van der Waals surface area contributed by atoms with Crippen molar-refractivity contribution in [3.63, 3.8) is 0 Å². The minimum Gasteiger partial charge on any atom is -0.212 e. The molecule has 0 aliphatic heterocycles. The predicted molar refractivity (Wildman–Crippen MR) is 20.2 cm³/mol. The molecule has 1 radical (unpaired) electrons. The predicted octanol–water partition coefficient (Wildman–Crippen LogP) is 1.69. The van der Waals surface area contributed by atoms with Crippen molar-refractivity contribution in [2.75, 3.05) is 0 Å². The molecule has 0 spiro atoms. The maximum absolute atomic E-state index is 11.2. The van der Waals surface area contributed by atoms with Gasteiger partial charge in [-0.1, -0.05) is 13.5 Å². The van der Waals surface area contributed by atoms with Crippen LogP contribution in [0.2, 0.25) is 0 Å². The summed E-state index contributed by atoms with van der Waals surface area (Å²) in [4.78, 5) is 0. The summed E-state index contributed by atoms with van der Waals surface area (Å²) in [6.45, 7) is 4.55. The molecule has 0 aliphatic carbocycles. The van der Waals surface area contributed by atoms with E-state index in [-0.39, 0.29) is 5.83 Å². The lowest BCUT2D eigenvalue weighted by Gasteiger charge is -1.73. The highest BCUT2D eigenvalue weighted by molar-refractivity contribution is 4.92. The summed E-state index contributed by atoms with van der Waals surface area (Å²) in [5.74, 6) is -0.370. The summed E-state index contributed by atoms with van der Waals surface area (Å²) in [6, 6.07) is 0. The summed E-state index contributed by atoms with van der Waals surface area (Å²) >= 11 is 0. The van der Waals surface area contributed by atoms with Crippen molar-refractivity contribution in [3.8, 4) is 0 Å². The van der Waals surface area contributed by atoms with Gasteiger partial charge in [-0.15, -0.1) is 0 Å². The molecular weight excluding hydrogens is 67.0 g/mol. The van der Waals surface area contributed by atoms with E-state index in [0.29, 0.717) is 0 Å². The van der Waals surface area contributed by atoms with E-state index in [1.807, 2.05) is 0 Å². The third-order valence-corrected chi connectivity index (χ3v) is 0.313. The Balaban J connectivity index is 2.85. The zero-order chi connectivity index (χ0) is 4.28. The number of allylic oxidation sites excluding steroid dienone is 1. The minimum atomic E-state index is -0.370. The van der Waals surface area contributed by atoms with Crippen LogP contribution in [-0.2, 0) is 0 Å². The van der Waals surface area contributed by atoms with Crippen molar-refractivity contribution in [2.45, 2.75) is 6.92 Å². The van der Waals surface area contributed by atoms with Gasteiger partial charge in [0.1, 0.15) is 0 Å². The average Bonchev–Trinajstić information content (AvgIpc) is 1.38. The Hall–Kier alpha value is -0.330. The zero-order valence-electron chi connectivity index (χ0n) is 3.16. The molecule has 0 aliphatic rings. The molecule has 0 saturated heterocycles. The van der Waals surface area contributed by atoms with Gasteiger partial charge >= 0.3 is 0 Å². The summed E-state index contributed by atoms with van der Waals surface area (Å²) in [5.41, 5.74) is 0. The van der Waals surface area contributed by atoms with Crippen molar-refractivity contribution >= 4 is 0 Å². The highest BCUT2D eigenvalue weighted by Crippen LogP contribution is 1.91. The Kier molecular flexibility index (Phi) is 1.81. The van der Waals surface area contributed by atoms with Crippen LogP contribution >= 0.6 is 0 Å². The first-order chi connectivity index (χ1) is 2.27. The quantitative estimate of drug-likeness (QED) is 0.443. The van der Waals surface area contributed by atoms with Gasteiger partial charge in [-0.25, -0.2) is 4.39 Å². The second kappa shape index (κ2) is 1.94. The SMILES string of the molecule is C=C(F)[CH]C. The fraction of sp³-hybridized carbons (Fsp3) is 0.250. The Labute approximate surface area is 31.3 Å². The largest absolute Gasteiger partial charge is 0.212 e. The van der Waals surface area contributed by atoms with Gasteiger partial charge in [0.2, 0.25) is 0 Å². The monoisotopic (exact) mass is 73.0 g/mol. The standard InChI is InChI=1S/C4H6F/c1-3-4(2)5/h3H,2H2,1H3. The van der Waals surface area contributed by atoms with E-state index < -0.39 is 0 Å². The first-order valence-electron chi connectivity index (χ1n) is 1.41. The second-order valence-corrected chi connectivity index (χ2v) is 0.736. The molecular formula is C4H6F. The molecule has 0 rings (SSSR count). The molecule has 0 nitrogen and oxygen atoms in total. The van der Waals surface area contributed by atoms with Gasteiger partial charge in [0.25, 0.3) is 0 Å². The molecule has 5 heavy (non-hydrogen) atoms. The smallest absolute Gasteiger partial charge is 0.0962 e. The number of hydrogen-bond acceptors (Lipinski definition) is 0. The molecule has 0 bridgehead atoms. The van der Waals surface area contributed by atoms with E-state index in [1.54, 1.807) is 6.92 Å². The molecule has 0 saturated carbocycles. The minimum absolute atomic E-state index is 0.370. The summed E-state index contributed by atoms with van der Waals surface area (Å²) < 4.78 is 11.2. The van der Waals surface area contributed by atoms with E-state index in [4.69, 9.17) is 0 Å². The first-order valence-corrected chi connectivity index (χ1v) is 1.41. The van der Waals surface area contributed by atoms with Crippen molar-refractivity contribution in [1.29, 1.82) is 0 Å². The molecule has 29 valence electrons. The summed E-state index contributed by atoms with van der Waals surface area (Å²) in [6.07, 6.45) is 1.31. The van der Waals surface area contributed by atoms with Crippen LogP contribution in [0.15, 0.2) is 12.4 Å². The van der Waals surface area contributed by atoms with E-state index in [1.165, 1.54) is 6.42 Å². The fourth-order valence-corrected chi connectivity index (χ4v) is 0. The molecule has 0 aromatic rings. The van der Waals surface area contributed by atoms with Crippen LogP contribution in [0.3, 0.4) is 0 Å². The van der Waals surface area contributed by atoms with Crippen LogP contribution < -0.4 is 0 Å². The molecule has 0 N–H and O–H groups in total. The molecule has 0 amide bonds. The lowest BCUT2D eigenvalue weighted by Crippen LogP contribution is -1.57. The molecule has 1 heteroatoms. The van der Waals surface area contributed by atoms with Crippen molar-refractivity contribution in [1.82, 2.24) is 0 Å². The number of halogens is 1. The van der Waals surface area contributed by atoms with Crippen LogP contribution in [0.1, 0.15) is 6.92 Å². The average molecular weight is 73.1 g/mol. The molecule has 0 atom stereocenters. The maximum atomic E-state index is 11.2. The van der Waals surface area contributed by atoms with E-state index in [2.05, 4.69) is 6.58 Å². The van der Waals surface area contributed by atoms with Gasteiger partial charge in [-0.05, 0) is 0 Å². The van der Waals surface area contributed by atoms with Crippen molar-refractivity contribution < 1.29 is 4.39 Å². The first kappa shape index (κ1) is 4.67. The zero-order valence-corrected chi connectivity index (χ0v) is 3.16. The van der Waals surface area contributed by atoms with Gasteiger partial charge in [0, 0.05) is 6.42 Å². The number of hydrogen-bond donors (Lipinski definition) is 0. The van der Waals surface area contributed by atoms with E-state index >= 15 is 0 Å². The Morgan fingerprint density at radius 1 is 2.00 bits per heavy atom. The third kappa shape index (κ3) is 3.67. The normalized spacial score (nSPS) is 7.60. The molecule has 0 heterocycles. The second-order valence-electron chi connectivity index (χ2n) is 0.736. The Morgan fingerprint density at radius 2 is 2.20 bits per heavy atom. The maximum Gasteiger partial charge on any atom is 0.0962 e. The van der Waals surface area contributed by atoms with Crippen molar-refractivity contribution in [2.24, 2.45) is 0 Å². The van der Waals surface area contributed by atoms with Gasteiger partial charge in [-0.3, -0.25) is 0 Å². The summed E-state index contributed by atoms with van der Waals surface area (Å²) in [5, 5.41) is 0. The summed E-state index contributed by atoms with van der Waals surface area (Å²) in [7, 11) is 0. The molecule has 0 aromatic carbocycles. The van der Waals surface area contributed by atoms with Crippen LogP contribution in [0.4, 0.5) is 4.39 Å². The van der Waals surface area contributed by atoms with Gasteiger partial charge in [0.05, 0.1) is 5.83 Å². The topological polar surface area (TPSA) is 0 Å². The van der Waals surface area contributed by atoms with Crippen LogP contribution in [-0.4, -0.2) is 0 Å². The third-order valence-electron chi connectivity index (χ3n) is 0.313. The van der Waals surface area contributed by atoms with Gasteiger partial charge < -0.3 is 0 Å². The Morgan fingerprint density at radius 3 is 2.20 bits per heavy atom. The van der Waals surface area contributed by atoms with Crippen LogP contribution in [0, 0.1) is 6.42 Å². The molecule has 0 aromatic heterocycles. The van der Waals surface area contributed by atoms with Gasteiger partial charge in [0.15, 0.2) is 0 Å². The lowest BCUT2D eigenvalue weighted by molar-refractivity contribution is 0.653. The van der Waals surface area contributed by atoms with Crippen molar-refractivity contribution in [3.05, 3.63) is 18.8 Å². The molecule has 0 unspecified atom stereocenters. The highest BCUT2D eigenvalue weighted by Gasteiger charge is 1.74. The number of rotatable bonds is 1. The lowest BCUT2D eigenvalue weighted by atomic mass is 10.5. The van der Waals surface area contributed by atoms with Crippen LogP contribution in [0.5, 0.6) is 0 Å².